The summed E-state index contributed by atoms with van der Waals surface area (Å²) in [5.74, 6) is -0.264. The molecular weight excluding hydrogens is 242 g/mol. The fourth-order valence-electron chi connectivity index (χ4n) is 2.15. The maximum absolute atomic E-state index is 12.2. The molecule has 1 fully saturated rings. The molecular formula is C14H27N3O2. The Balaban J connectivity index is 2.51. The molecule has 1 aliphatic heterocycles. The topological polar surface area (TPSA) is 75.4 Å². The van der Waals surface area contributed by atoms with Gasteiger partial charge in [-0.2, -0.15) is 0 Å². The van der Waals surface area contributed by atoms with E-state index in [1.54, 1.807) is 6.92 Å². The van der Waals surface area contributed by atoms with Gasteiger partial charge in [0.1, 0.15) is 6.04 Å². The number of likely N-dealkylation sites (tertiary alicyclic amines) is 1. The number of hydrogen-bond acceptors (Lipinski definition) is 3. The van der Waals surface area contributed by atoms with Crippen molar-refractivity contribution in [1.29, 1.82) is 0 Å². The highest BCUT2D eigenvalue weighted by atomic mass is 16.2. The van der Waals surface area contributed by atoms with E-state index in [9.17, 15) is 9.59 Å². The SMILES string of the molecule is CC(NC(=O)C(N)C(C)(C)C)C(=O)N1CCCCC1. The molecule has 3 N–H and O–H groups in total. The van der Waals surface area contributed by atoms with E-state index in [-0.39, 0.29) is 17.2 Å². The molecule has 0 aromatic rings. The number of amides is 2. The molecule has 0 aromatic heterocycles. The van der Waals surface area contributed by atoms with Crippen LogP contribution in [0.25, 0.3) is 0 Å². The summed E-state index contributed by atoms with van der Waals surface area (Å²) in [5.41, 5.74) is 5.58. The minimum Gasteiger partial charge on any atom is -0.343 e. The van der Waals surface area contributed by atoms with Crippen LogP contribution in [0.4, 0.5) is 0 Å². The second kappa shape index (κ2) is 6.37. The molecule has 2 unspecified atom stereocenters. The quantitative estimate of drug-likeness (QED) is 0.798. The van der Waals surface area contributed by atoms with E-state index in [4.69, 9.17) is 5.73 Å². The molecule has 0 bridgehead atoms. The summed E-state index contributed by atoms with van der Waals surface area (Å²) in [6.07, 6.45) is 3.28. The largest absolute Gasteiger partial charge is 0.343 e. The van der Waals surface area contributed by atoms with E-state index in [1.165, 1.54) is 6.42 Å². The number of hydrogen-bond donors (Lipinski definition) is 2. The lowest BCUT2D eigenvalue weighted by molar-refractivity contribution is -0.137. The molecule has 19 heavy (non-hydrogen) atoms. The molecule has 5 nitrogen and oxygen atoms in total. The zero-order valence-corrected chi connectivity index (χ0v) is 12.5. The summed E-state index contributed by atoms with van der Waals surface area (Å²) >= 11 is 0. The first-order valence-electron chi connectivity index (χ1n) is 7.08. The number of rotatable bonds is 3. The van der Waals surface area contributed by atoms with Crippen molar-refractivity contribution in [2.75, 3.05) is 13.1 Å². The molecule has 5 heteroatoms. The van der Waals surface area contributed by atoms with Gasteiger partial charge in [-0.05, 0) is 31.6 Å². The summed E-state index contributed by atoms with van der Waals surface area (Å²) in [4.78, 5) is 26.0. The average molecular weight is 269 g/mol. The second-order valence-corrected chi connectivity index (χ2v) is 6.46. The first-order valence-corrected chi connectivity index (χ1v) is 7.08. The molecule has 0 radical (unpaired) electrons. The minimum absolute atomic E-state index is 0.00541. The van der Waals surface area contributed by atoms with E-state index in [1.807, 2.05) is 25.7 Å². The third-order valence-corrected chi connectivity index (χ3v) is 3.61. The zero-order chi connectivity index (χ0) is 14.6. The number of nitrogens with zero attached hydrogens (tertiary/aromatic N) is 1. The molecule has 1 rings (SSSR count). The highest BCUT2D eigenvalue weighted by Gasteiger charge is 2.30. The van der Waals surface area contributed by atoms with Crippen LogP contribution in [-0.2, 0) is 9.59 Å². The van der Waals surface area contributed by atoms with Gasteiger partial charge in [-0.1, -0.05) is 20.8 Å². The molecule has 0 aromatic carbocycles. The number of carbonyl (C=O) groups excluding carboxylic acids is 2. The third-order valence-electron chi connectivity index (χ3n) is 3.61. The Morgan fingerprint density at radius 2 is 1.68 bits per heavy atom. The van der Waals surface area contributed by atoms with E-state index in [0.29, 0.717) is 0 Å². The van der Waals surface area contributed by atoms with Crippen molar-refractivity contribution in [1.82, 2.24) is 10.2 Å². The van der Waals surface area contributed by atoms with Crippen molar-refractivity contribution in [3.05, 3.63) is 0 Å². The molecule has 110 valence electrons. The first-order chi connectivity index (χ1) is 8.73. The highest BCUT2D eigenvalue weighted by Crippen LogP contribution is 2.17. The Morgan fingerprint density at radius 3 is 2.16 bits per heavy atom. The molecule has 2 atom stereocenters. The summed E-state index contributed by atoms with van der Waals surface area (Å²) in [6.45, 7) is 9.05. The molecule has 0 aliphatic carbocycles. The van der Waals surface area contributed by atoms with E-state index in [2.05, 4.69) is 5.32 Å². The molecule has 1 saturated heterocycles. The number of carbonyl (C=O) groups is 2. The van der Waals surface area contributed by atoms with E-state index >= 15 is 0 Å². The molecule has 1 heterocycles. The highest BCUT2D eigenvalue weighted by molar-refractivity contribution is 5.89. The summed E-state index contributed by atoms with van der Waals surface area (Å²) in [5, 5.41) is 2.73. The normalized spacial score (nSPS) is 19.7. The van der Waals surface area contributed by atoms with Crippen molar-refractivity contribution < 1.29 is 9.59 Å². The van der Waals surface area contributed by atoms with Gasteiger partial charge >= 0.3 is 0 Å². The maximum atomic E-state index is 12.2. The Labute approximate surface area is 115 Å². The number of nitrogens with two attached hydrogens (primary N) is 1. The standard InChI is InChI=1S/C14H27N3O2/c1-10(13(19)17-8-6-5-7-9-17)16-12(18)11(15)14(2,3)4/h10-11H,5-9,15H2,1-4H3,(H,16,18). The van der Waals surface area contributed by atoms with Crippen LogP contribution in [0.5, 0.6) is 0 Å². The Morgan fingerprint density at radius 1 is 1.16 bits per heavy atom. The number of nitrogens with one attached hydrogen (secondary N) is 1. The van der Waals surface area contributed by atoms with Gasteiger partial charge in [-0.15, -0.1) is 0 Å². The van der Waals surface area contributed by atoms with Gasteiger partial charge in [0.05, 0.1) is 6.04 Å². The zero-order valence-electron chi connectivity index (χ0n) is 12.5. The van der Waals surface area contributed by atoms with Gasteiger partial charge in [0, 0.05) is 13.1 Å². The van der Waals surface area contributed by atoms with E-state index < -0.39 is 12.1 Å². The summed E-state index contributed by atoms with van der Waals surface area (Å²) in [7, 11) is 0. The summed E-state index contributed by atoms with van der Waals surface area (Å²) < 4.78 is 0. The van der Waals surface area contributed by atoms with Crippen LogP contribution in [0.1, 0.15) is 47.0 Å². The van der Waals surface area contributed by atoms with Crippen molar-refractivity contribution >= 4 is 11.8 Å². The smallest absolute Gasteiger partial charge is 0.244 e. The second-order valence-electron chi connectivity index (χ2n) is 6.46. The van der Waals surface area contributed by atoms with Crippen molar-refractivity contribution in [2.45, 2.75) is 59.0 Å². The van der Waals surface area contributed by atoms with Crippen LogP contribution in [0.2, 0.25) is 0 Å². The van der Waals surface area contributed by atoms with Gasteiger partial charge in [-0.25, -0.2) is 0 Å². The van der Waals surface area contributed by atoms with Gasteiger partial charge in [0.25, 0.3) is 0 Å². The lowest BCUT2D eigenvalue weighted by atomic mass is 9.87. The molecule has 0 spiro atoms. The van der Waals surface area contributed by atoms with Crippen molar-refractivity contribution in [3.63, 3.8) is 0 Å². The number of piperidine rings is 1. The van der Waals surface area contributed by atoms with E-state index in [0.717, 1.165) is 25.9 Å². The molecule has 1 aliphatic rings. The predicted molar refractivity (Wildman–Crippen MR) is 75.5 cm³/mol. The summed E-state index contributed by atoms with van der Waals surface area (Å²) in [6, 6.07) is -1.11. The monoisotopic (exact) mass is 269 g/mol. The van der Waals surface area contributed by atoms with Crippen LogP contribution in [0.15, 0.2) is 0 Å². The molecule has 2 amide bonds. The van der Waals surface area contributed by atoms with Gasteiger partial charge in [-0.3, -0.25) is 9.59 Å². The van der Waals surface area contributed by atoms with Crippen LogP contribution in [0, 0.1) is 5.41 Å². The molecule has 0 saturated carbocycles. The maximum Gasteiger partial charge on any atom is 0.244 e. The van der Waals surface area contributed by atoms with Crippen molar-refractivity contribution in [2.24, 2.45) is 11.1 Å². The lowest BCUT2D eigenvalue weighted by Crippen LogP contribution is -2.55. The van der Waals surface area contributed by atoms with Gasteiger partial charge in [0.15, 0.2) is 0 Å². The van der Waals surface area contributed by atoms with Gasteiger partial charge < -0.3 is 16.0 Å². The first kappa shape index (κ1) is 16.0. The Hall–Kier alpha value is -1.10. The van der Waals surface area contributed by atoms with Crippen molar-refractivity contribution in [3.8, 4) is 0 Å². The van der Waals surface area contributed by atoms with Crippen LogP contribution >= 0.6 is 0 Å². The van der Waals surface area contributed by atoms with Crippen LogP contribution < -0.4 is 11.1 Å². The third kappa shape index (κ3) is 4.49. The lowest BCUT2D eigenvalue weighted by Gasteiger charge is -2.31. The van der Waals surface area contributed by atoms with Gasteiger partial charge in [0.2, 0.25) is 11.8 Å². The fraction of sp³-hybridized carbons (Fsp3) is 0.857. The predicted octanol–water partition coefficient (Wildman–Crippen LogP) is 0.877. The average Bonchev–Trinajstić information content (AvgIpc) is 2.36. The van der Waals surface area contributed by atoms with Crippen LogP contribution in [-0.4, -0.2) is 41.9 Å². The Kier molecular flexibility index (Phi) is 5.35. The minimum atomic E-state index is -0.607. The Bertz CT molecular complexity index is 330. The van der Waals surface area contributed by atoms with Crippen LogP contribution in [0.3, 0.4) is 0 Å². The fourth-order valence-corrected chi connectivity index (χ4v) is 2.15.